The Morgan fingerprint density at radius 3 is 2.20 bits per heavy atom. The van der Waals surface area contributed by atoms with E-state index >= 15 is 0 Å². The lowest BCUT2D eigenvalue weighted by Crippen LogP contribution is -1.97. The first kappa shape index (κ1) is 10.4. The van der Waals surface area contributed by atoms with Crippen molar-refractivity contribution in [2.24, 2.45) is 0 Å². The molecule has 1 aromatic heterocycles. The molecule has 0 saturated heterocycles. The molecule has 0 amide bonds. The van der Waals surface area contributed by atoms with Crippen molar-refractivity contribution in [3.05, 3.63) is 39.9 Å². The van der Waals surface area contributed by atoms with E-state index in [-0.39, 0.29) is 0 Å². The van der Waals surface area contributed by atoms with E-state index in [1.165, 1.54) is 11.1 Å². The first-order chi connectivity index (χ1) is 7.08. The topological polar surface area (TPSA) is 30.7 Å². The second-order valence-corrected chi connectivity index (χ2v) is 4.42. The van der Waals surface area contributed by atoms with Crippen LogP contribution >= 0.6 is 15.9 Å². The molecule has 2 aromatic rings. The molecule has 0 radical (unpaired) electrons. The molecule has 0 saturated carbocycles. The summed E-state index contributed by atoms with van der Waals surface area (Å²) >= 11 is 3.55. The van der Waals surface area contributed by atoms with Gasteiger partial charge in [-0.15, -0.1) is 0 Å². The Morgan fingerprint density at radius 1 is 1.13 bits per heavy atom. The average Bonchev–Trinajstić information content (AvgIpc) is 2.60. The first-order valence-electron chi connectivity index (χ1n) is 4.73. The van der Waals surface area contributed by atoms with Crippen LogP contribution in [-0.4, -0.2) is 14.8 Å². The highest BCUT2D eigenvalue weighted by Gasteiger charge is 2.04. The summed E-state index contributed by atoms with van der Waals surface area (Å²) in [5.41, 5.74) is 3.46. The van der Waals surface area contributed by atoms with Crippen molar-refractivity contribution in [1.82, 2.24) is 14.8 Å². The Hall–Kier alpha value is -1.16. The molecule has 0 fully saturated rings. The van der Waals surface area contributed by atoms with E-state index in [1.54, 1.807) is 11.0 Å². The van der Waals surface area contributed by atoms with Crippen molar-refractivity contribution in [3.63, 3.8) is 0 Å². The normalized spacial score (nSPS) is 10.7. The van der Waals surface area contributed by atoms with Gasteiger partial charge < -0.3 is 0 Å². The van der Waals surface area contributed by atoms with E-state index in [1.807, 2.05) is 6.92 Å². The second-order valence-electron chi connectivity index (χ2n) is 3.63. The smallest absolute Gasteiger partial charge is 0.147 e. The molecule has 0 aliphatic carbocycles. The van der Waals surface area contributed by atoms with E-state index < -0.39 is 0 Å². The number of hydrogen-bond donors (Lipinski definition) is 0. The first-order valence-corrected chi connectivity index (χ1v) is 5.52. The molecule has 3 nitrogen and oxygen atoms in total. The predicted octanol–water partition coefficient (Wildman–Crippen LogP) is 2.96. The third-order valence-corrected chi connectivity index (χ3v) is 3.54. The second kappa shape index (κ2) is 3.77. The lowest BCUT2D eigenvalue weighted by atomic mass is 10.1. The van der Waals surface area contributed by atoms with Crippen LogP contribution in [0, 0.1) is 20.8 Å². The number of aryl methyl sites for hydroxylation is 3. The van der Waals surface area contributed by atoms with Gasteiger partial charge in [0.1, 0.15) is 12.2 Å². The number of hydrogen-bond acceptors (Lipinski definition) is 2. The maximum Gasteiger partial charge on any atom is 0.147 e. The van der Waals surface area contributed by atoms with E-state index in [0.717, 1.165) is 16.0 Å². The van der Waals surface area contributed by atoms with Crippen molar-refractivity contribution in [2.45, 2.75) is 20.8 Å². The summed E-state index contributed by atoms with van der Waals surface area (Å²) in [6.45, 7) is 6.03. The highest BCUT2D eigenvalue weighted by molar-refractivity contribution is 9.10. The van der Waals surface area contributed by atoms with Gasteiger partial charge in [0.25, 0.3) is 0 Å². The molecule has 0 aliphatic rings. The van der Waals surface area contributed by atoms with Gasteiger partial charge in [-0.3, -0.25) is 0 Å². The minimum Gasteiger partial charge on any atom is -0.221 e. The third-order valence-electron chi connectivity index (χ3n) is 2.29. The number of benzene rings is 1. The van der Waals surface area contributed by atoms with Crippen molar-refractivity contribution < 1.29 is 0 Å². The van der Waals surface area contributed by atoms with Crippen LogP contribution in [0.4, 0.5) is 0 Å². The molecule has 1 aromatic carbocycles. The summed E-state index contributed by atoms with van der Waals surface area (Å²) in [6.07, 6.45) is 1.73. The van der Waals surface area contributed by atoms with Gasteiger partial charge in [0.05, 0.1) is 5.69 Å². The average molecular weight is 266 g/mol. The van der Waals surface area contributed by atoms with Gasteiger partial charge in [-0.1, -0.05) is 15.9 Å². The van der Waals surface area contributed by atoms with Crippen LogP contribution in [-0.2, 0) is 0 Å². The molecular weight excluding hydrogens is 254 g/mol. The largest absolute Gasteiger partial charge is 0.221 e. The van der Waals surface area contributed by atoms with Gasteiger partial charge in [-0.2, -0.15) is 5.10 Å². The fraction of sp³-hybridized carbons (Fsp3) is 0.273. The van der Waals surface area contributed by atoms with E-state index in [2.05, 4.69) is 52.0 Å². The molecule has 0 N–H and O–H groups in total. The monoisotopic (exact) mass is 265 g/mol. The fourth-order valence-electron chi connectivity index (χ4n) is 1.53. The predicted molar refractivity (Wildman–Crippen MR) is 63.3 cm³/mol. The number of nitrogens with zero attached hydrogens (tertiary/aromatic N) is 3. The zero-order valence-electron chi connectivity index (χ0n) is 8.95. The Labute approximate surface area is 97.3 Å². The highest BCUT2D eigenvalue weighted by atomic mass is 79.9. The van der Waals surface area contributed by atoms with E-state index in [4.69, 9.17) is 0 Å². The molecular formula is C11H12BrN3. The minimum absolute atomic E-state index is 0.785. The molecule has 0 atom stereocenters. The van der Waals surface area contributed by atoms with Gasteiger partial charge in [0.2, 0.25) is 0 Å². The standard InChI is InChI=1S/C11H12BrN3/c1-7-4-10(5-8(2)11(7)12)15-6-13-9(3)14-15/h4-6H,1-3H3. The molecule has 0 aliphatic heterocycles. The summed E-state index contributed by atoms with van der Waals surface area (Å²) in [6, 6.07) is 4.18. The molecule has 0 bridgehead atoms. The third kappa shape index (κ3) is 1.95. The van der Waals surface area contributed by atoms with Crippen molar-refractivity contribution in [3.8, 4) is 5.69 Å². The Kier molecular flexibility index (Phi) is 2.61. The van der Waals surface area contributed by atoms with Crippen LogP contribution in [0.25, 0.3) is 5.69 Å². The Morgan fingerprint density at radius 2 is 1.73 bits per heavy atom. The van der Waals surface area contributed by atoms with Gasteiger partial charge >= 0.3 is 0 Å². The number of halogens is 1. The lowest BCUT2D eigenvalue weighted by molar-refractivity contribution is 0.859. The SMILES string of the molecule is Cc1ncn(-c2cc(C)c(Br)c(C)c2)n1. The summed E-state index contributed by atoms with van der Waals surface area (Å²) in [5, 5.41) is 4.28. The maximum atomic E-state index is 4.28. The quantitative estimate of drug-likeness (QED) is 0.794. The van der Waals surface area contributed by atoms with Crippen LogP contribution in [0.15, 0.2) is 22.9 Å². The number of aromatic nitrogens is 3. The molecule has 2 rings (SSSR count). The van der Waals surface area contributed by atoms with Crippen molar-refractivity contribution in [1.29, 1.82) is 0 Å². The summed E-state index contributed by atoms with van der Waals surface area (Å²) < 4.78 is 2.95. The highest BCUT2D eigenvalue weighted by Crippen LogP contribution is 2.23. The Balaban J connectivity index is 2.55. The fourth-order valence-corrected chi connectivity index (χ4v) is 1.75. The van der Waals surface area contributed by atoms with Crippen LogP contribution in [0.1, 0.15) is 17.0 Å². The Bertz CT molecular complexity index is 479. The van der Waals surface area contributed by atoms with Crippen LogP contribution in [0.2, 0.25) is 0 Å². The summed E-state index contributed by atoms with van der Waals surface area (Å²) in [4.78, 5) is 4.11. The van der Waals surface area contributed by atoms with Crippen molar-refractivity contribution in [2.75, 3.05) is 0 Å². The van der Waals surface area contributed by atoms with Gasteiger partial charge in [-0.05, 0) is 44.0 Å². The lowest BCUT2D eigenvalue weighted by Gasteiger charge is -2.07. The molecule has 1 heterocycles. The minimum atomic E-state index is 0.785. The van der Waals surface area contributed by atoms with Gasteiger partial charge in [0, 0.05) is 4.47 Å². The maximum absolute atomic E-state index is 4.28. The van der Waals surface area contributed by atoms with Gasteiger partial charge in [0.15, 0.2) is 0 Å². The summed E-state index contributed by atoms with van der Waals surface area (Å²) in [7, 11) is 0. The van der Waals surface area contributed by atoms with Gasteiger partial charge in [-0.25, -0.2) is 9.67 Å². The zero-order valence-corrected chi connectivity index (χ0v) is 10.5. The molecule has 4 heteroatoms. The molecule has 78 valence electrons. The van der Waals surface area contributed by atoms with Crippen LogP contribution in [0.3, 0.4) is 0 Å². The van der Waals surface area contributed by atoms with Crippen LogP contribution < -0.4 is 0 Å². The zero-order chi connectivity index (χ0) is 11.0. The molecule has 0 unspecified atom stereocenters. The molecule has 0 spiro atoms. The van der Waals surface area contributed by atoms with Crippen molar-refractivity contribution >= 4 is 15.9 Å². The van der Waals surface area contributed by atoms with Crippen LogP contribution in [0.5, 0.6) is 0 Å². The molecule has 15 heavy (non-hydrogen) atoms. The van der Waals surface area contributed by atoms with E-state index in [9.17, 15) is 0 Å². The number of rotatable bonds is 1. The summed E-state index contributed by atoms with van der Waals surface area (Å²) in [5.74, 6) is 0.785. The van der Waals surface area contributed by atoms with E-state index in [0.29, 0.717) is 0 Å².